The van der Waals surface area contributed by atoms with E-state index >= 15 is 0 Å². The summed E-state index contributed by atoms with van der Waals surface area (Å²) in [4.78, 5) is 22.1. The number of carbonyl (C=O) groups is 2. The fourth-order valence-corrected chi connectivity index (χ4v) is 1.86. The monoisotopic (exact) mass is 261 g/mol. The van der Waals surface area contributed by atoms with Gasteiger partial charge >= 0.3 is 6.09 Å². The lowest BCUT2D eigenvalue weighted by Gasteiger charge is -2.11. The molecule has 2 N–H and O–H groups in total. The van der Waals surface area contributed by atoms with Crippen LogP contribution in [0, 0.1) is 0 Å². The van der Waals surface area contributed by atoms with E-state index in [-0.39, 0.29) is 18.9 Å². The quantitative estimate of drug-likeness (QED) is 0.841. The fourth-order valence-electron chi connectivity index (χ4n) is 1.86. The Balaban J connectivity index is 1.89. The van der Waals surface area contributed by atoms with Crippen LogP contribution in [-0.2, 0) is 11.3 Å². The van der Waals surface area contributed by atoms with E-state index in [9.17, 15) is 9.59 Å². The van der Waals surface area contributed by atoms with Crippen LogP contribution in [0.2, 0.25) is 0 Å². The van der Waals surface area contributed by atoms with Crippen molar-refractivity contribution in [1.82, 2.24) is 10.3 Å². The van der Waals surface area contributed by atoms with Gasteiger partial charge in [0.25, 0.3) is 0 Å². The summed E-state index contributed by atoms with van der Waals surface area (Å²) in [5, 5.41) is 16.4. The van der Waals surface area contributed by atoms with E-state index in [1.807, 2.05) is 30.3 Å². The molecule has 1 aliphatic heterocycles. The van der Waals surface area contributed by atoms with Crippen molar-refractivity contribution < 1.29 is 14.7 Å². The number of carboxylic acid groups (broad SMARTS) is 1. The van der Waals surface area contributed by atoms with Gasteiger partial charge in [-0.15, -0.1) is 0 Å². The van der Waals surface area contributed by atoms with E-state index < -0.39 is 6.09 Å². The summed E-state index contributed by atoms with van der Waals surface area (Å²) in [6.07, 6.45) is -0.330. The molecule has 0 fully saturated rings. The Morgan fingerprint density at radius 2 is 2.11 bits per heavy atom. The summed E-state index contributed by atoms with van der Waals surface area (Å²) in [6, 6.07) is 9.62. The molecule has 6 nitrogen and oxygen atoms in total. The second-order valence-electron chi connectivity index (χ2n) is 4.26. The Labute approximate surface area is 110 Å². The van der Waals surface area contributed by atoms with Gasteiger partial charge in [-0.05, 0) is 5.56 Å². The van der Waals surface area contributed by atoms with Crippen LogP contribution in [0.15, 0.2) is 35.4 Å². The number of nitrogens with one attached hydrogen (secondary N) is 1. The number of hydrogen-bond acceptors (Lipinski definition) is 3. The minimum absolute atomic E-state index is 0.0471. The van der Waals surface area contributed by atoms with Crippen molar-refractivity contribution in [2.75, 3.05) is 6.54 Å². The molecule has 0 atom stereocenters. The zero-order valence-electron chi connectivity index (χ0n) is 10.4. The van der Waals surface area contributed by atoms with Gasteiger partial charge in [-0.25, -0.2) is 9.80 Å². The average Bonchev–Trinajstić information content (AvgIpc) is 2.71. The molecule has 0 unspecified atom stereocenters. The van der Waals surface area contributed by atoms with Gasteiger partial charge in [0.1, 0.15) is 0 Å². The van der Waals surface area contributed by atoms with Crippen LogP contribution in [0.4, 0.5) is 4.79 Å². The molecule has 0 radical (unpaired) electrons. The van der Waals surface area contributed by atoms with E-state index in [0.29, 0.717) is 13.0 Å². The molecule has 0 bridgehead atoms. The van der Waals surface area contributed by atoms with E-state index in [1.165, 1.54) is 5.01 Å². The molecule has 0 saturated carbocycles. The Morgan fingerprint density at radius 3 is 2.79 bits per heavy atom. The second-order valence-corrected chi connectivity index (χ2v) is 4.26. The Morgan fingerprint density at radius 1 is 1.37 bits per heavy atom. The summed E-state index contributed by atoms with van der Waals surface area (Å²) < 4.78 is 0. The van der Waals surface area contributed by atoms with Crippen LogP contribution < -0.4 is 5.32 Å². The van der Waals surface area contributed by atoms with Gasteiger partial charge in [-0.2, -0.15) is 5.10 Å². The van der Waals surface area contributed by atoms with Crippen molar-refractivity contribution in [3.05, 3.63) is 35.9 Å². The number of hydrogen-bond donors (Lipinski definition) is 2. The molecule has 1 heterocycles. The molecule has 0 saturated heterocycles. The van der Waals surface area contributed by atoms with Gasteiger partial charge in [0.2, 0.25) is 5.91 Å². The van der Waals surface area contributed by atoms with Crippen molar-refractivity contribution in [2.45, 2.75) is 19.4 Å². The third-order valence-corrected chi connectivity index (χ3v) is 2.77. The first kappa shape index (κ1) is 13.1. The molecule has 1 aromatic carbocycles. The maximum atomic E-state index is 11.8. The molecule has 1 aromatic rings. The SMILES string of the molecule is O=C(O)NCCC1=NN(Cc2ccccc2)C(=O)C1. The Kier molecular flexibility index (Phi) is 4.12. The highest BCUT2D eigenvalue weighted by molar-refractivity contribution is 6.05. The minimum atomic E-state index is -1.06. The first-order valence-electron chi connectivity index (χ1n) is 6.02. The van der Waals surface area contributed by atoms with Crippen LogP contribution in [0.5, 0.6) is 0 Å². The van der Waals surface area contributed by atoms with Crippen LogP contribution >= 0.6 is 0 Å². The van der Waals surface area contributed by atoms with Gasteiger partial charge in [-0.1, -0.05) is 30.3 Å². The lowest BCUT2D eigenvalue weighted by Crippen LogP contribution is -2.23. The topological polar surface area (TPSA) is 82.0 Å². The van der Waals surface area contributed by atoms with Crippen molar-refractivity contribution in [2.24, 2.45) is 5.10 Å². The smallest absolute Gasteiger partial charge is 0.404 e. The summed E-state index contributed by atoms with van der Waals surface area (Å²) in [5.74, 6) is -0.0471. The summed E-state index contributed by atoms with van der Waals surface area (Å²) >= 11 is 0. The van der Waals surface area contributed by atoms with Gasteiger partial charge in [0, 0.05) is 18.7 Å². The van der Waals surface area contributed by atoms with Gasteiger partial charge in [0.05, 0.1) is 13.0 Å². The fraction of sp³-hybridized carbons (Fsp3) is 0.308. The molecule has 0 aliphatic carbocycles. The van der Waals surface area contributed by atoms with E-state index in [0.717, 1.165) is 11.3 Å². The lowest BCUT2D eigenvalue weighted by molar-refractivity contribution is -0.129. The highest BCUT2D eigenvalue weighted by Crippen LogP contribution is 2.14. The van der Waals surface area contributed by atoms with Gasteiger partial charge in [-0.3, -0.25) is 4.79 Å². The zero-order chi connectivity index (χ0) is 13.7. The molecule has 2 rings (SSSR count). The largest absolute Gasteiger partial charge is 0.465 e. The predicted molar refractivity (Wildman–Crippen MR) is 69.7 cm³/mol. The Hall–Kier alpha value is -2.37. The number of carbonyl (C=O) groups excluding carboxylic acids is 1. The number of rotatable bonds is 5. The molecule has 0 spiro atoms. The second kappa shape index (κ2) is 5.99. The first-order valence-corrected chi connectivity index (χ1v) is 6.02. The number of benzene rings is 1. The normalized spacial score (nSPS) is 14.4. The third-order valence-electron chi connectivity index (χ3n) is 2.77. The molecule has 100 valence electrons. The lowest BCUT2D eigenvalue weighted by atomic mass is 10.2. The van der Waals surface area contributed by atoms with Crippen LogP contribution in [-0.4, -0.2) is 34.4 Å². The molecule has 0 aromatic heterocycles. The highest BCUT2D eigenvalue weighted by atomic mass is 16.4. The predicted octanol–water partition coefficient (Wildman–Crippen LogP) is 1.43. The van der Waals surface area contributed by atoms with Crippen LogP contribution in [0.25, 0.3) is 0 Å². The molecule has 2 amide bonds. The summed E-state index contributed by atoms with van der Waals surface area (Å²) in [7, 11) is 0. The average molecular weight is 261 g/mol. The standard InChI is InChI=1S/C13H15N3O3/c17-12-8-11(6-7-14-13(18)19)15-16(12)9-10-4-2-1-3-5-10/h1-5,14H,6-9H2,(H,18,19). The molecular formula is C13H15N3O3. The van der Waals surface area contributed by atoms with E-state index in [4.69, 9.17) is 5.11 Å². The van der Waals surface area contributed by atoms with Crippen LogP contribution in [0.1, 0.15) is 18.4 Å². The van der Waals surface area contributed by atoms with Crippen LogP contribution in [0.3, 0.4) is 0 Å². The zero-order valence-corrected chi connectivity index (χ0v) is 10.4. The Bertz CT molecular complexity index is 499. The molecule has 19 heavy (non-hydrogen) atoms. The number of amides is 2. The van der Waals surface area contributed by atoms with Crippen molar-refractivity contribution in [3.8, 4) is 0 Å². The van der Waals surface area contributed by atoms with Crippen molar-refractivity contribution in [3.63, 3.8) is 0 Å². The molecule has 1 aliphatic rings. The first-order chi connectivity index (χ1) is 9.15. The van der Waals surface area contributed by atoms with E-state index in [2.05, 4.69) is 10.4 Å². The van der Waals surface area contributed by atoms with E-state index in [1.54, 1.807) is 0 Å². The minimum Gasteiger partial charge on any atom is -0.465 e. The molecule has 6 heteroatoms. The summed E-state index contributed by atoms with van der Waals surface area (Å²) in [5.41, 5.74) is 1.74. The van der Waals surface area contributed by atoms with Gasteiger partial charge < -0.3 is 10.4 Å². The maximum Gasteiger partial charge on any atom is 0.404 e. The third kappa shape index (κ3) is 3.80. The van der Waals surface area contributed by atoms with Crippen molar-refractivity contribution in [1.29, 1.82) is 0 Å². The highest BCUT2D eigenvalue weighted by Gasteiger charge is 2.23. The van der Waals surface area contributed by atoms with Crippen molar-refractivity contribution >= 4 is 17.7 Å². The summed E-state index contributed by atoms with van der Waals surface area (Å²) in [6.45, 7) is 0.732. The number of nitrogens with zero attached hydrogens (tertiary/aromatic N) is 2. The molecular weight excluding hydrogens is 246 g/mol. The van der Waals surface area contributed by atoms with Gasteiger partial charge in [0.15, 0.2) is 0 Å². The maximum absolute atomic E-state index is 11.8. The number of hydrazone groups is 1.